The molecule has 1 fully saturated rings. The van der Waals surface area contributed by atoms with E-state index in [2.05, 4.69) is 40.3 Å². The van der Waals surface area contributed by atoms with Gasteiger partial charge in [0.15, 0.2) is 0 Å². The van der Waals surface area contributed by atoms with E-state index in [0.717, 1.165) is 39.0 Å². The summed E-state index contributed by atoms with van der Waals surface area (Å²) >= 11 is 5.34. The van der Waals surface area contributed by atoms with Crippen molar-refractivity contribution in [2.24, 2.45) is 0 Å². The Balaban J connectivity index is 2.12. The monoisotopic (exact) mass is 347 g/mol. The summed E-state index contributed by atoms with van der Waals surface area (Å²) in [5.41, 5.74) is -0.0925. The van der Waals surface area contributed by atoms with E-state index in [1.807, 2.05) is 7.11 Å². The van der Waals surface area contributed by atoms with Crippen molar-refractivity contribution in [2.75, 3.05) is 26.9 Å². The Morgan fingerprint density at radius 1 is 1.47 bits per heavy atom. The first-order chi connectivity index (χ1) is 9.20. The van der Waals surface area contributed by atoms with E-state index in [1.165, 1.54) is 8.66 Å². The second kappa shape index (κ2) is 7.18. The summed E-state index contributed by atoms with van der Waals surface area (Å²) in [4.78, 5) is 1.39. The second-order valence-corrected chi connectivity index (χ2v) is 7.45. The highest BCUT2D eigenvalue weighted by molar-refractivity contribution is 9.11. The lowest BCUT2D eigenvalue weighted by Gasteiger charge is -2.42. The normalized spacial score (nSPS) is 20.4. The van der Waals surface area contributed by atoms with E-state index in [1.54, 1.807) is 11.3 Å². The first-order valence-corrected chi connectivity index (χ1v) is 8.41. The SMILES string of the molecule is CCNC(Cc1ccc(Br)s1)C1(OC)CCOCC1. The highest BCUT2D eigenvalue weighted by Gasteiger charge is 2.40. The molecule has 2 heterocycles. The summed E-state index contributed by atoms with van der Waals surface area (Å²) in [5, 5.41) is 3.61. The molecule has 3 nitrogen and oxygen atoms in total. The molecular weight excluding hydrogens is 326 g/mol. The van der Waals surface area contributed by atoms with Crippen molar-refractivity contribution >= 4 is 27.3 Å². The van der Waals surface area contributed by atoms with Gasteiger partial charge in [-0.05, 0) is 41.0 Å². The van der Waals surface area contributed by atoms with Gasteiger partial charge in [0, 0.05) is 44.1 Å². The maximum absolute atomic E-state index is 5.92. The van der Waals surface area contributed by atoms with Crippen LogP contribution in [0, 0.1) is 0 Å². The fraction of sp³-hybridized carbons (Fsp3) is 0.714. The van der Waals surface area contributed by atoms with Crippen LogP contribution in [0.4, 0.5) is 0 Å². The van der Waals surface area contributed by atoms with Crippen molar-refractivity contribution in [3.05, 3.63) is 20.8 Å². The van der Waals surface area contributed by atoms with Gasteiger partial charge in [-0.3, -0.25) is 0 Å². The molecule has 1 unspecified atom stereocenters. The third kappa shape index (κ3) is 3.79. The second-order valence-electron chi connectivity index (χ2n) is 4.90. The lowest BCUT2D eigenvalue weighted by Crippen LogP contribution is -2.56. The van der Waals surface area contributed by atoms with Gasteiger partial charge in [-0.15, -0.1) is 11.3 Å². The van der Waals surface area contributed by atoms with Gasteiger partial charge >= 0.3 is 0 Å². The van der Waals surface area contributed by atoms with Gasteiger partial charge in [0.25, 0.3) is 0 Å². The van der Waals surface area contributed by atoms with Crippen LogP contribution in [0.25, 0.3) is 0 Å². The van der Waals surface area contributed by atoms with E-state index in [-0.39, 0.29) is 5.60 Å². The van der Waals surface area contributed by atoms with Gasteiger partial charge < -0.3 is 14.8 Å². The molecule has 0 radical (unpaired) electrons. The average molecular weight is 348 g/mol. The van der Waals surface area contributed by atoms with Crippen molar-refractivity contribution in [3.8, 4) is 0 Å². The molecule has 19 heavy (non-hydrogen) atoms. The van der Waals surface area contributed by atoms with Gasteiger partial charge in [0.05, 0.1) is 9.39 Å². The van der Waals surface area contributed by atoms with Crippen LogP contribution in [0.3, 0.4) is 0 Å². The van der Waals surface area contributed by atoms with Crippen molar-refractivity contribution < 1.29 is 9.47 Å². The van der Waals surface area contributed by atoms with Gasteiger partial charge in [-0.25, -0.2) is 0 Å². The predicted octanol–water partition coefficient (Wildman–Crippen LogP) is 3.23. The zero-order valence-electron chi connectivity index (χ0n) is 11.6. The third-order valence-electron chi connectivity index (χ3n) is 3.87. The summed E-state index contributed by atoms with van der Waals surface area (Å²) in [6.07, 6.45) is 2.94. The summed E-state index contributed by atoms with van der Waals surface area (Å²) < 4.78 is 12.6. The van der Waals surface area contributed by atoms with E-state index < -0.39 is 0 Å². The highest BCUT2D eigenvalue weighted by Crippen LogP contribution is 2.32. The number of rotatable bonds is 6. The molecule has 0 bridgehead atoms. The van der Waals surface area contributed by atoms with Crippen LogP contribution in [-0.4, -0.2) is 38.5 Å². The summed E-state index contributed by atoms with van der Waals surface area (Å²) in [6, 6.07) is 4.66. The average Bonchev–Trinajstić information content (AvgIpc) is 2.84. The summed E-state index contributed by atoms with van der Waals surface area (Å²) in [7, 11) is 1.83. The van der Waals surface area contributed by atoms with Crippen LogP contribution < -0.4 is 5.32 Å². The number of halogens is 1. The Hall–Kier alpha value is 0.0600. The molecule has 1 aliphatic heterocycles. The van der Waals surface area contributed by atoms with E-state index in [9.17, 15) is 0 Å². The minimum atomic E-state index is -0.0925. The molecule has 1 atom stereocenters. The van der Waals surface area contributed by atoms with Crippen LogP contribution >= 0.6 is 27.3 Å². The van der Waals surface area contributed by atoms with Gasteiger partial charge in [-0.1, -0.05) is 6.92 Å². The molecule has 108 valence electrons. The van der Waals surface area contributed by atoms with Crippen molar-refractivity contribution in [1.82, 2.24) is 5.32 Å². The maximum atomic E-state index is 5.92. The molecular formula is C14H22BrNO2S. The molecule has 1 aromatic rings. The highest BCUT2D eigenvalue weighted by atomic mass is 79.9. The molecule has 1 N–H and O–H groups in total. The van der Waals surface area contributed by atoms with E-state index in [0.29, 0.717) is 6.04 Å². The van der Waals surface area contributed by atoms with Gasteiger partial charge in [0.1, 0.15) is 0 Å². The van der Waals surface area contributed by atoms with Crippen molar-refractivity contribution in [1.29, 1.82) is 0 Å². The third-order valence-corrected chi connectivity index (χ3v) is 5.51. The molecule has 0 aliphatic carbocycles. The number of methoxy groups -OCH3 is 1. The fourth-order valence-corrected chi connectivity index (χ4v) is 4.29. The molecule has 0 spiro atoms. The quantitative estimate of drug-likeness (QED) is 0.856. The molecule has 1 aromatic heterocycles. The van der Waals surface area contributed by atoms with Crippen molar-refractivity contribution in [2.45, 2.75) is 37.8 Å². The maximum Gasteiger partial charge on any atom is 0.0878 e. The molecule has 0 amide bonds. The Labute approximate surface area is 127 Å². The van der Waals surface area contributed by atoms with Crippen LogP contribution in [-0.2, 0) is 15.9 Å². The zero-order chi connectivity index (χ0) is 13.7. The molecule has 0 aromatic carbocycles. The summed E-state index contributed by atoms with van der Waals surface area (Å²) in [6.45, 7) is 4.71. The topological polar surface area (TPSA) is 30.5 Å². The molecule has 1 aliphatic rings. The molecule has 2 rings (SSSR count). The first-order valence-electron chi connectivity index (χ1n) is 6.80. The minimum Gasteiger partial charge on any atom is -0.381 e. The van der Waals surface area contributed by atoms with Gasteiger partial charge in [-0.2, -0.15) is 0 Å². The fourth-order valence-electron chi connectivity index (χ4n) is 2.76. The van der Waals surface area contributed by atoms with Crippen molar-refractivity contribution in [3.63, 3.8) is 0 Å². The lowest BCUT2D eigenvalue weighted by atomic mass is 9.83. The number of nitrogens with one attached hydrogen (secondary N) is 1. The van der Waals surface area contributed by atoms with E-state index >= 15 is 0 Å². The number of ether oxygens (including phenoxy) is 2. The zero-order valence-corrected chi connectivity index (χ0v) is 14.0. The molecule has 5 heteroatoms. The lowest BCUT2D eigenvalue weighted by molar-refractivity contribution is -0.110. The van der Waals surface area contributed by atoms with Gasteiger partial charge in [0.2, 0.25) is 0 Å². The standard InChI is InChI=1S/C14H22BrNO2S/c1-3-16-12(10-11-4-5-13(15)19-11)14(17-2)6-8-18-9-7-14/h4-5,12,16H,3,6-10H2,1-2H3. The van der Waals surface area contributed by atoms with Crippen LogP contribution in [0.5, 0.6) is 0 Å². The number of hydrogen-bond acceptors (Lipinski definition) is 4. The number of likely N-dealkylation sites (N-methyl/N-ethyl adjacent to an activating group) is 1. The largest absolute Gasteiger partial charge is 0.381 e. The Kier molecular flexibility index (Phi) is 5.84. The van der Waals surface area contributed by atoms with Crippen LogP contribution in [0.1, 0.15) is 24.6 Å². The molecule has 1 saturated heterocycles. The molecule has 0 saturated carbocycles. The van der Waals surface area contributed by atoms with E-state index in [4.69, 9.17) is 9.47 Å². The minimum absolute atomic E-state index is 0.0925. The first kappa shape index (κ1) is 15.4. The number of thiophene rings is 1. The Bertz CT molecular complexity index is 391. The predicted molar refractivity (Wildman–Crippen MR) is 83.0 cm³/mol. The number of hydrogen-bond donors (Lipinski definition) is 1. The van der Waals surface area contributed by atoms with Crippen LogP contribution in [0.2, 0.25) is 0 Å². The Morgan fingerprint density at radius 3 is 2.74 bits per heavy atom. The van der Waals surface area contributed by atoms with Crippen LogP contribution in [0.15, 0.2) is 15.9 Å². The summed E-state index contributed by atoms with van der Waals surface area (Å²) in [5.74, 6) is 0. The smallest absolute Gasteiger partial charge is 0.0878 e. The Morgan fingerprint density at radius 2 is 2.21 bits per heavy atom.